The molecule has 3 rings (SSSR count). The van der Waals surface area contributed by atoms with E-state index in [1.807, 2.05) is 6.07 Å². The van der Waals surface area contributed by atoms with Crippen LogP contribution in [0.15, 0.2) is 44.7 Å². The minimum Gasteiger partial charge on any atom is -0.493 e. The van der Waals surface area contributed by atoms with Crippen LogP contribution in [0.2, 0.25) is 5.02 Å². The summed E-state index contributed by atoms with van der Waals surface area (Å²) in [5, 5.41) is 5.06. The summed E-state index contributed by atoms with van der Waals surface area (Å²) in [7, 11) is 1.50. The minimum absolute atomic E-state index is 0.0659. The number of ether oxygens (including phenoxy) is 2. The normalized spacial score (nSPS) is 11.0. The first-order chi connectivity index (χ1) is 13.4. The van der Waals surface area contributed by atoms with Gasteiger partial charge in [-0.1, -0.05) is 33.5 Å². The zero-order valence-corrected chi connectivity index (χ0v) is 17.4. The van der Waals surface area contributed by atoms with Crippen LogP contribution in [0.3, 0.4) is 0 Å². The number of hydrogen-bond acceptors (Lipinski definition) is 5. The van der Waals surface area contributed by atoms with E-state index in [-0.39, 0.29) is 12.2 Å². The van der Waals surface area contributed by atoms with Crippen molar-refractivity contribution in [2.24, 2.45) is 5.10 Å². The van der Waals surface area contributed by atoms with E-state index in [9.17, 15) is 4.79 Å². The second-order valence-electron chi connectivity index (χ2n) is 5.71. The largest absolute Gasteiger partial charge is 0.493 e. The van der Waals surface area contributed by atoms with Crippen molar-refractivity contribution in [2.45, 2.75) is 6.92 Å². The standard InChI is InChI=1S/C20H15BrClN3O3/c1-4-7-28-19-16(22)8-13(9-18(19)27-3)11-23-25-12(2)24-17-6-5-14(21)10-15(17)20(25)26/h1,5-6,8-11H,7H2,2-3H3. The average Bonchev–Trinajstić information content (AvgIpc) is 2.67. The molecule has 0 N–H and O–H groups in total. The zero-order chi connectivity index (χ0) is 20.3. The third kappa shape index (κ3) is 4.03. The highest BCUT2D eigenvalue weighted by Gasteiger charge is 2.12. The van der Waals surface area contributed by atoms with Crippen molar-refractivity contribution in [3.8, 4) is 23.8 Å². The summed E-state index contributed by atoms with van der Waals surface area (Å²) in [4.78, 5) is 17.2. The second-order valence-corrected chi connectivity index (χ2v) is 7.03. The lowest BCUT2D eigenvalue weighted by atomic mass is 10.2. The zero-order valence-electron chi connectivity index (χ0n) is 15.1. The van der Waals surface area contributed by atoms with Crippen molar-refractivity contribution in [1.82, 2.24) is 9.66 Å². The summed E-state index contributed by atoms with van der Waals surface area (Å²) in [6, 6.07) is 8.66. The third-order valence-corrected chi connectivity index (χ3v) is 4.62. The van der Waals surface area contributed by atoms with E-state index >= 15 is 0 Å². The molecule has 0 aliphatic heterocycles. The Kier molecular flexibility index (Phi) is 6.02. The lowest BCUT2D eigenvalue weighted by Gasteiger charge is -2.11. The Morgan fingerprint density at radius 2 is 2.18 bits per heavy atom. The molecule has 0 aliphatic rings. The van der Waals surface area contributed by atoms with Crippen LogP contribution in [0.4, 0.5) is 0 Å². The van der Waals surface area contributed by atoms with E-state index in [1.165, 1.54) is 18.0 Å². The molecule has 0 saturated heterocycles. The van der Waals surface area contributed by atoms with Gasteiger partial charge in [-0.2, -0.15) is 9.78 Å². The SMILES string of the molecule is C#CCOc1c(Cl)cc(C=Nn2c(C)nc3ccc(Br)cc3c2=O)cc1OC. The first kappa shape index (κ1) is 19.9. The molecule has 0 radical (unpaired) electrons. The molecular formula is C20H15BrClN3O3. The maximum Gasteiger partial charge on any atom is 0.282 e. The van der Waals surface area contributed by atoms with Crippen LogP contribution < -0.4 is 15.0 Å². The van der Waals surface area contributed by atoms with E-state index in [0.717, 1.165) is 4.47 Å². The van der Waals surface area contributed by atoms with Gasteiger partial charge in [0.1, 0.15) is 12.4 Å². The van der Waals surface area contributed by atoms with Crippen LogP contribution in [-0.2, 0) is 0 Å². The van der Waals surface area contributed by atoms with Gasteiger partial charge in [0.15, 0.2) is 11.5 Å². The van der Waals surface area contributed by atoms with E-state index < -0.39 is 0 Å². The topological polar surface area (TPSA) is 65.7 Å². The molecule has 28 heavy (non-hydrogen) atoms. The summed E-state index contributed by atoms with van der Waals surface area (Å²) >= 11 is 9.63. The second kappa shape index (κ2) is 8.46. The van der Waals surface area contributed by atoms with Gasteiger partial charge in [-0.15, -0.1) is 6.42 Å². The number of benzene rings is 2. The number of hydrogen-bond donors (Lipinski definition) is 0. The Morgan fingerprint density at radius 3 is 2.89 bits per heavy atom. The minimum atomic E-state index is -0.271. The van der Waals surface area contributed by atoms with Crippen molar-refractivity contribution in [3.05, 3.63) is 61.6 Å². The number of nitrogens with zero attached hydrogens (tertiary/aromatic N) is 3. The number of rotatable bonds is 5. The molecule has 0 atom stereocenters. The van der Waals surface area contributed by atoms with E-state index in [1.54, 1.807) is 31.2 Å². The van der Waals surface area contributed by atoms with Crippen molar-refractivity contribution in [1.29, 1.82) is 0 Å². The molecule has 0 aliphatic carbocycles. The predicted molar refractivity (Wildman–Crippen MR) is 114 cm³/mol. The van der Waals surface area contributed by atoms with Gasteiger partial charge in [0.05, 0.1) is 29.2 Å². The highest BCUT2D eigenvalue weighted by molar-refractivity contribution is 9.10. The van der Waals surface area contributed by atoms with Crippen LogP contribution >= 0.6 is 27.5 Å². The van der Waals surface area contributed by atoms with Crippen LogP contribution in [-0.4, -0.2) is 29.6 Å². The fourth-order valence-electron chi connectivity index (χ4n) is 2.59. The summed E-state index contributed by atoms with van der Waals surface area (Å²) in [6.07, 6.45) is 6.72. The lowest BCUT2D eigenvalue weighted by Crippen LogP contribution is -2.20. The maximum absolute atomic E-state index is 12.8. The summed E-state index contributed by atoms with van der Waals surface area (Å²) in [6.45, 7) is 1.78. The number of halogens is 2. The van der Waals surface area contributed by atoms with E-state index in [0.29, 0.717) is 38.8 Å². The molecule has 1 heterocycles. The molecule has 142 valence electrons. The molecule has 0 fully saturated rings. The van der Waals surface area contributed by atoms with Crippen molar-refractivity contribution < 1.29 is 9.47 Å². The van der Waals surface area contributed by atoms with Crippen molar-refractivity contribution in [3.63, 3.8) is 0 Å². The molecule has 0 saturated carbocycles. The number of fused-ring (bicyclic) bond motifs is 1. The van der Waals surface area contributed by atoms with Crippen LogP contribution in [0.5, 0.6) is 11.5 Å². The monoisotopic (exact) mass is 459 g/mol. The third-order valence-electron chi connectivity index (χ3n) is 3.84. The molecule has 3 aromatic rings. The Labute approximate surface area is 174 Å². The summed E-state index contributed by atoms with van der Waals surface area (Å²) in [5.41, 5.74) is 0.958. The van der Waals surface area contributed by atoms with Crippen molar-refractivity contribution >= 4 is 44.6 Å². The number of methoxy groups -OCH3 is 1. The Balaban J connectivity index is 2.04. The average molecular weight is 461 g/mol. The summed E-state index contributed by atoms with van der Waals surface area (Å²) in [5.74, 6) is 3.60. The number of terminal acetylenes is 1. The van der Waals surface area contributed by atoms with E-state index in [2.05, 4.69) is 31.9 Å². The summed E-state index contributed by atoms with van der Waals surface area (Å²) < 4.78 is 12.7. The first-order valence-electron chi connectivity index (χ1n) is 8.11. The molecule has 0 amide bonds. The molecular weight excluding hydrogens is 446 g/mol. The fraction of sp³-hybridized carbons (Fsp3) is 0.150. The quantitative estimate of drug-likeness (QED) is 0.426. The van der Waals surface area contributed by atoms with Gasteiger partial charge in [-0.05, 0) is 42.8 Å². The highest BCUT2D eigenvalue weighted by Crippen LogP contribution is 2.36. The van der Waals surface area contributed by atoms with Gasteiger partial charge in [-0.25, -0.2) is 4.98 Å². The van der Waals surface area contributed by atoms with Crippen LogP contribution in [0.25, 0.3) is 10.9 Å². The molecule has 6 nitrogen and oxygen atoms in total. The van der Waals surface area contributed by atoms with Gasteiger partial charge >= 0.3 is 0 Å². The van der Waals surface area contributed by atoms with Gasteiger partial charge < -0.3 is 9.47 Å². The number of aryl methyl sites for hydroxylation is 1. The number of aromatic nitrogens is 2. The lowest BCUT2D eigenvalue weighted by molar-refractivity contribution is 0.331. The van der Waals surface area contributed by atoms with Gasteiger partial charge in [0.25, 0.3) is 5.56 Å². The Hall–Kier alpha value is -2.82. The van der Waals surface area contributed by atoms with Gasteiger partial charge in [0, 0.05) is 4.47 Å². The molecule has 0 unspecified atom stereocenters. The smallest absolute Gasteiger partial charge is 0.282 e. The Morgan fingerprint density at radius 1 is 1.39 bits per heavy atom. The first-order valence-corrected chi connectivity index (χ1v) is 9.28. The predicted octanol–water partition coefficient (Wildman–Crippen LogP) is 4.02. The molecule has 0 spiro atoms. The maximum atomic E-state index is 12.8. The van der Waals surface area contributed by atoms with Gasteiger partial charge in [-0.3, -0.25) is 4.79 Å². The van der Waals surface area contributed by atoms with Gasteiger partial charge in [0.2, 0.25) is 0 Å². The Bertz CT molecular complexity index is 1180. The van der Waals surface area contributed by atoms with Crippen LogP contribution in [0, 0.1) is 19.3 Å². The fourth-order valence-corrected chi connectivity index (χ4v) is 3.22. The highest BCUT2D eigenvalue weighted by atomic mass is 79.9. The molecule has 1 aromatic heterocycles. The van der Waals surface area contributed by atoms with Crippen LogP contribution in [0.1, 0.15) is 11.4 Å². The molecule has 0 bridgehead atoms. The molecule has 2 aromatic carbocycles. The van der Waals surface area contributed by atoms with Crippen molar-refractivity contribution in [2.75, 3.05) is 13.7 Å². The molecule has 8 heteroatoms. The van der Waals surface area contributed by atoms with E-state index in [4.69, 9.17) is 27.5 Å².